The fourth-order valence-electron chi connectivity index (χ4n) is 2.07. The van der Waals surface area contributed by atoms with Crippen LogP contribution in [0.5, 0.6) is 0 Å². The molecule has 17 heavy (non-hydrogen) atoms. The molecule has 5 nitrogen and oxygen atoms in total. The molecule has 0 bridgehead atoms. The fourth-order valence-corrected chi connectivity index (χ4v) is 2.07. The largest absolute Gasteiger partial charge is 0.314 e. The van der Waals surface area contributed by atoms with Crippen LogP contribution >= 0.6 is 0 Å². The fraction of sp³-hybridized carbons (Fsp3) is 0.417. The van der Waals surface area contributed by atoms with E-state index in [1.54, 1.807) is 12.1 Å². The lowest BCUT2D eigenvalue weighted by Gasteiger charge is -2.08. The van der Waals surface area contributed by atoms with Crippen LogP contribution in [0.25, 0.3) is 0 Å². The summed E-state index contributed by atoms with van der Waals surface area (Å²) in [6, 6.07) is 6.14. The van der Waals surface area contributed by atoms with Crippen molar-refractivity contribution in [1.82, 2.24) is 5.32 Å². The maximum Gasteiger partial charge on any atom is 0.270 e. The van der Waals surface area contributed by atoms with E-state index in [1.165, 1.54) is 12.1 Å². The van der Waals surface area contributed by atoms with E-state index in [9.17, 15) is 14.9 Å². The van der Waals surface area contributed by atoms with Crippen LogP contribution in [0.15, 0.2) is 24.3 Å². The first-order valence-corrected chi connectivity index (χ1v) is 5.68. The average Bonchev–Trinajstić information content (AvgIpc) is 2.82. The van der Waals surface area contributed by atoms with E-state index >= 15 is 0 Å². The average molecular weight is 234 g/mol. The number of nitro benzene ring substituents is 1. The van der Waals surface area contributed by atoms with Gasteiger partial charge >= 0.3 is 0 Å². The van der Waals surface area contributed by atoms with Gasteiger partial charge in [-0.3, -0.25) is 14.9 Å². The van der Waals surface area contributed by atoms with E-state index in [2.05, 4.69) is 5.32 Å². The highest BCUT2D eigenvalue weighted by Crippen LogP contribution is 2.17. The number of nitrogens with zero attached hydrogens (tertiary/aromatic N) is 1. The van der Waals surface area contributed by atoms with Crippen molar-refractivity contribution in [2.24, 2.45) is 0 Å². The second kappa shape index (κ2) is 5.05. The summed E-state index contributed by atoms with van der Waals surface area (Å²) in [5.74, 6) is -0.0342. The molecule has 0 amide bonds. The third-order valence-corrected chi connectivity index (χ3v) is 2.97. The molecule has 1 aliphatic heterocycles. The lowest BCUT2D eigenvalue weighted by molar-refractivity contribution is -0.384. The Labute approximate surface area is 99.0 Å². The Morgan fingerprint density at radius 3 is 3.00 bits per heavy atom. The molecule has 0 aromatic heterocycles. The van der Waals surface area contributed by atoms with Crippen LogP contribution in [0.2, 0.25) is 0 Å². The van der Waals surface area contributed by atoms with E-state index in [0.717, 1.165) is 19.4 Å². The molecule has 90 valence electrons. The van der Waals surface area contributed by atoms with E-state index in [1.807, 2.05) is 0 Å². The predicted octanol–water partition coefficient (Wildman–Crippen LogP) is 1.92. The lowest BCUT2D eigenvalue weighted by atomic mass is 10.0. The summed E-state index contributed by atoms with van der Waals surface area (Å²) in [5.41, 5.74) is 0.392. The van der Waals surface area contributed by atoms with Crippen molar-refractivity contribution in [3.8, 4) is 0 Å². The Hall–Kier alpha value is -1.75. The molecule has 1 aliphatic rings. The minimum Gasteiger partial charge on any atom is -0.314 e. The van der Waals surface area contributed by atoms with Gasteiger partial charge in [0.05, 0.1) is 4.92 Å². The maximum atomic E-state index is 11.9. The minimum absolute atomic E-state index is 0.0322. The monoisotopic (exact) mass is 234 g/mol. The smallest absolute Gasteiger partial charge is 0.270 e. The van der Waals surface area contributed by atoms with Gasteiger partial charge in [-0.25, -0.2) is 0 Å². The SMILES string of the molecule is O=C(CC1CCCN1)c1cccc([N+](=O)[O-])c1. The number of hydrogen-bond donors (Lipinski definition) is 1. The molecule has 0 radical (unpaired) electrons. The molecule has 1 aromatic carbocycles. The summed E-state index contributed by atoms with van der Waals surface area (Å²) in [7, 11) is 0. The first kappa shape index (κ1) is 11.7. The molecule has 1 fully saturated rings. The molecule has 2 rings (SSSR count). The highest BCUT2D eigenvalue weighted by atomic mass is 16.6. The standard InChI is InChI=1S/C12H14N2O3/c15-12(8-10-4-2-6-13-10)9-3-1-5-11(7-9)14(16)17/h1,3,5,7,10,13H,2,4,6,8H2. The third kappa shape index (κ3) is 2.88. The summed E-state index contributed by atoms with van der Waals surface area (Å²) in [5, 5.41) is 13.8. The number of Topliss-reactive ketones (excluding diaryl/α,β-unsaturated/α-hetero) is 1. The van der Waals surface area contributed by atoms with E-state index in [4.69, 9.17) is 0 Å². The van der Waals surface area contributed by atoms with Gasteiger partial charge in [-0.05, 0) is 19.4 Å². The number of nitro groups is 1. The normalized spacial score (nSPS) is 19.2. The van der Waals surface area contributed by atoms with Gasteiger partial charge in [0.2, 0.25) is 0 Å². The highest BCUT2D eigenvalue weighted by Gasteiger charge is 2.19. The molecule has 1 aromatic rings. The van der Waals surface area contributed by atoms with Crippen LogP contribution in [0.4, 0.5) is 5.69 Å². The quantitative estimate of drug-likeness (QED) is 0.490. The van der Waals surface area contributed by atoms with Gasteiger partial charge in [0, 0.05) is 30.2 Å². The Kier molecular flexibility index (Phi) is 3.49. The number of hydrogen-bond acceptors (Lipinski definition) is 4. The molecule has 1 heterocycles. The summed E-state index contributed by atoms with van der Waals surface area (Å²) in [4.78, 5) is 22.0. The summed E-state index contributed by atoms with van der Waals surface area (Å²) < 4.78 is 0. The predicted molar refractivity (Wildman–Crippen MR) is 63.1 cm³/mol. The second-order valence-electron chi connectivity index (χ2n) is 4.23. The van der Waals surface area contributed by atoms with Crippen LogP contribution in [0.1, 0.15) is 29.6 Å². The molecule has 0 spiro atoms. The number of carbonyl (C=O) groups excluding carboxylic acids is 1. The molecule has 0 aliphatic carbocycles. The molecule has 1 atom stereocenters. The van der Waals surface area contributed by atoms with Crippen LogP contribution in [0.3, 0.4) is 0 Å². The molecular formula is C12H14N2O3. The van der Waals surface area contributed by atoms with Crippen molar-refractivity contribution in [3.05, 3.63) is 39.9 Å². The summed E-state index contributed by atoms with van der Waals surface area (Å²) >= 11 is 0. The van der Waals surface area contributed by atoms with Gasteiger partial charge in [-0.1, -0.05) is 12.1 Å². The first-order chi connectivity index (χ1) is 8.16. The van der Waals surface area contributed by atoms with Gasteiger partial charge in [0.15, 0.2) is 5.78 Å². The number of benzene rings is 1. The van der Waals surface area contributed by atoms with Crippen molar-refractivity contribution < 1.29 is 9.72 Å². The Morgan fingerprint density at radius 2 is 2.35 bits per heavy atom. The molecular weight excluding hydrogens is 220 g/mol. The third-order valence-electron chi connectivity index (χ3n) is 2.97. The number of nitrogens with one attached hydrogen (secondary N) is 1. The number of carbonyl (C=O) groups is 1. The van der Waals surface area contributed by atoms with Crippen LogP contribution in [-0.4, -0.2) is 23.3 Å². The van der Waals surface area contributed by atoms with Crippen LogP contribution in [0, 0.1) is 10.1 Å². The van der Waals surface area contributed by atoms with Crippen molar-refractivity contribution >= 4 is 11.5 Å². The van der Waals surface area contributed by atoms with Gasteiger partial charge in [-0.15, -0.1) is 0 Å². The number of rotatable bonds is 4. The second-order valence-corrected chi connectivity index (χ2v) is 4.23. The van der Waals surface area contributed by atoms with Crippen molar-refractivity contribution in [1.29, 1.82) is 0 Å². The van der Waals surface area contributed by atoms with E-state index < -0.39 is 4.92 Å². The molecule has 1 N–H and O–H groups in total. The topological polar surface area (TPSA) is 72.2 Å². The maximum absolute atomic E-state index is 11.9. The lowest BCUT2D eigenvalue weighted by Crippen LogP contribution is -2.24. The van der Waals surface area contributed by atoms with Crippen LogP contribution in [-0.2, 0) is 0 Å². The van der Waals surface area contributed by atoms with Crippen molar-refractivity contribution in [2.45, 2.75) is 25.3 Å². The van der Waals surface area contributed by atoms with Gasteiger partial charge in [-0.2, -0.15) is 0 Å². The molecule has 1 unspecified atom stereocenters. The number of non-ortho nitro benzene ring substituents is 1. The zero-order valence-electron chi connectivity index (χ0n) is 9.39. The highest BCUT2D eigenvalue weighted by molar-refractivity contribution is 5.97. The number of ketones is 1. The minimum atomic E-state index is -0.482. The van der Waals surface area contributed by atoms with Gasteiger partial charge < -0.3 is 5.32 Å². The zero-order chi connectivity index (χ0) is 12.3. The summed E-state index contributed by atoms with van der Waals surface area (Å²) in [6.45, 7) is 0.951. The van der Waals surface area contributed by atoms with Crippen molar-refractivity contribution in [2.75, 3.05) is 6.54 Å². The Morgan fingerprint density at radius 1 is 1.53 bits per heavy atom. The van der Waals surface area contributed by atoms with E-state index in [-0.39, 0.29) is 17.5 Å². The molecule has 0 saturated carbocycles. The first-order valence-electron chi connectivity index (χ1n) is 5.68. The Bertz CT molecular complexity index is 439. The van der Waals surface area contributed by atoms with Gasteiger partial charge in [0.25, 0.3) is 5.69 Å². The van der Waals surface area contributed by atoms with Gasteiger partial charge in [0.1, 0.15) is 0 Å². The van der Waals surface area contributed by atoms with Crippen molar-refractivity contribution in [3.63, 3.8) is 0 Å². The van der Waals surface area contributed by atoms with Crippen LogP contribution < -0.4 is 5.32 Å². The molecule has 1 saturated heterocycles. The Balaban J connectivity index is 2.07. The zero-order valence-corrected chi connectivity index (χ0v) is 9.39. The van der Waals surface area contributed by atoms with E-state index in [0.29, 0.717) is 12.0 Å². The summed E-state index contributed by atoms with van der Waals surface area (Å²) in [6.07, 6.45) is 2.51. The molecule has 5 heteroatoms.